The topological polar surface area (TPSA) is 70.2 Å². The maximum atomic E-state index is 10.5. The minimum atomic E-state index is -0.509. The summed E-state index contributed by atoms with van der Waals surface area (Å²) in [6.07, 6.45) is 1.59. The molecule has 0 aliphatic carbocycles. The summed E-state index contributed by atoms with van der Waals surface area (Å²) in [6, 6.07) is 8.85. The Morgan fingerprint density at radius 2 is 2.06 bits per heavy atom. The van der Waals surface area contributed by atoms with Gasteiger partial charge in [-0.2, -0.15) is 4.68 Å². The van der Waals surface area contributed by atoms with Gasteiger partial charge in [0.15, 0.2) is 0 Å². The lowest BCUT2D eigenvalue weighted by Gasteiger charge is -2.01. The van der Waals surface area contributed by atoms with Gasteiger partial charge in [-0.1, -0.05) is 12.1 Å². The van der Waals surface area contributed by atoms with Gasteiger partial charge in [0.05, 0.1) is 31.0 Å². The summed E-state index contributed by atoms with van der Waals surface area (Å²) in [5, 5.41) is 14.3. The second-order valence-corrected chi connectivity index (χ2v) is 3.48. The van der Waals surface area contributed by atoms with E-state index in [0.29, 0.717) is 6.54 Å². The van der Waals surface area contributed by atoms with E-state index in [-0.39, 0.29) is 5.82 Å². The number of ether oxygens (including phenoxy) is 1. The molecule has 0 saturated heterocycles. The monoisotopic (exact) mass is 233 g/mol. The van der Waals surface area contributed by atoms with Crippen molar-refractivity contribution in [3.8, 4) is 5.75 Å². The number of benzene rings is 1. The van der Waals surface area contributed by atoms with E-state index in [4.69, 9.17) is 4.74 Å². The number of hydrogen-bond acceptors (Lipinski definition) is 4. The van der Waals surface area contributed by atoms with Crippen molar-refractivity contribution in [3.05, 3.63) is 52.2 Å². The van der Waals surface area contributed by atoms with Crippen LogP contribution in [0.25, 0.3) is 0 Å². The lowest BCUT2D eigenvalue weighted by molar-refractivity contribution is -0.389. The fraction of sp³-hybridized carbons (Fsp3) is 0.182. The molecule has 0 aliphatic heterocycles. The van der Waals surface area contributed by atoms with Crippen molar-refractivity contribution in [2.45, 2.75) is 6.54 Å². The smallest absolute Gasteiger partial charge is 0.389 e. The minimum absolute atomic E-state index is 0.140. The first kappa shape index (κ1) is 11.1. The van der Waals surface area contributed by atoms with Crippen molar-refractivity contribution in [1.82, 2.24) is 9.78 Å². The Balaban J connectivity index is 2.11. The minimum Gasteiger partial charge on any atom is -0.497 e. The zero-order valence-electron chi connectivity index (χ0n) is 9.24. The van der Waals surface area contributed by atoms with E-state index in [1.54, 1.807) is 13.3 Å². The normalized spacial score (nSPS) is 10.2. The summed E-state index contributed by atoms with van der Waals surface area (Å²) in [4.78, 5) is 9.95. The maximum Gasteiger partial charge on any atom is 0.389 e. The molecule has 2 aromatic rings. The fourth-order valence-electron chi connectivity index (χ4n) is 1.45. The first-order valence-electron chi connectivity index (χ1n) is 5.00. The van der Waals surface area contributed by atoms with Gasteiger partial charge in [0.2, 0.25) is 0 Å². The third-order valence-corrected chi connectivity index (χ3v) is 2.32. The standard InChI is InChI=1S/C11H11N3O3/c1-17-10-4-2-9(3-5-10)8-13-7-6-11(12-13)14(15)16/h2-7H,8H2,1H3. The zero-order valence-corrected chi connectivity index (χ0v) is 9.24. The number of rotatable bonds is 4. The third-order valence-electron chi connectivity index (χ3n) is 2.32. The molecule has 0 fully saturated rings. The van der Waals surface area contributed by atoms with Gasteiger partial charge in [0.1, 0.15) is 5.75 Å². The van der Waals surface area contributed by atoms with Gasteiger partial charge in [-0.25, -0.2) is 0 Å². The predicted molar refractivity (Wildman–Crippen MR) is 61.0 cm³/mol. The molecule has 0 atom stereocenters. The molecule has 0 bridgehead atoms. The maximum absolute atomic E-state index is 10.5. The molecular weight excluding hydrogens is 222 g/mol. The van der Waals surface area contributed by atoms with E-state index in [9.17, 15) is 10.1 Å². The van der Waals surface area contributed by atoms with E-state index < -0.39 is 4.92 Å². The Morgan fingerprint density at radius 1 is 1.35 bits per heavy atom. The Kier molecular flexibility index (Phi) is 3.04. The highest BCUT2D eigenvalue weighted by molar-refractivity contribution is 5.27. The SMILES string of the molecule is COc1ccc(Cn2ccc([N+](=O)[O-])n2)cc1. The van der Waals surface area contributed by atoms with Crippen LogP contribution in [-0.4, -0.2) is 21.8 Å². The molecule has 1 aromatic carbocycles. The van der Waals surface area contributed by atoms with Crippen molar-refractivity contribution < 1.29 is 9.66 Å². The quantitative estimate of drug-likeness (QED) is 0.596. The van der Waals surface area contributed by atoms with E-state index >= 15 is 0 Å². The summed E-state index contributed by atoms with van der Waals surface area (Å²) >= 11 is 0. The highest BCUT2D eigenvalue weighted by atomic mass is 16.6. The van der Waals surface area contributed by atoms with Gasteiger partial charge in [0.25, 0.3) is 0 Å². The van der Waals surface area contributed by atoms with Crippen LogP contribution in [0.15, 0.2) is 36.5 Å². The summed E-state index contributed by atoms with van der Waals surface area (Å²) in [5.74, 6) is 0.638. The van der Waals surface area contributed by atoms with Gasteiger partial charge >= 0.3 is 5.82 Å². The van der Waals surface area contributed by atoms with Crippen LogP contribution in [0.3, 0.4) is 0 Å². The Bertz CT molecular complexity index is 519. The van der Waals surface area contributed by atoms with Gasteiger partial charge in [-0.15, -0.1) is 0 Å². The van der Waals surface area contributed by atoms with E-state index in [0.717, 1.165) is 11.3 Å². The molecule has 0 spiro atoms. The molecule has 1 heterocycles. The Hall–Kier alpha value is -2.37. The van der Waals surface area contributed by atoms with Crippen LogP contribution in [0.1, 0.15) is 5.56 Å². The molecule has 6 heteroatoms. The highest BCUT2D eigenvalue weighted by Gasteiger charge is 2.10. The highest BCUT2D eigenvalue weighted by Crippen LogP contribution is 2.13. The first-order valence-corrected chi connectivity index (χ1v) is 5.00. The summed E-state index contributed by atoms with van der Waals surface area (Å²) in [6.45, 7) is 0.498. The molecule has 0 saturated carbocycles. The van der Waals surface area contributed by atoms with Crippen molar-refractivity contribution in [2.24, 2.45) is 0 Å². The van der Waals surface area contributed by atoms with Crippen molar-refractivity contribution in [2.75, 3.05) is 7.11 Å². The molecule has 88 valence electrons. The largest absolute Gasteiger partial charge is 0.497 e. The molecule has 1 aromatic heterocycles. The van der Waals surface area contributed by atoms with Crippen molar-refractivity contribution in [3.63, 3.8) is 0 Å². The van der Waals surface area contributed by atoms with Crippen LogP contribution in [0.2, 0.25) is 0 Å². The van der Waals surface area contributed by atoms with Gasteiger partial charge < -0.3 is 14.9 Å². The summed E-state index contributed by atoms with van der Waals surface area (Å²) in [5.41, 5.74) is 1.00. The predicted octanol–water partition coefficient (Wildman–Crippen LogP) is 1.85. The Labute approximate surface area is 97.6 Å². The average molecular weight is 233 g/mol. The molecule has 6 nitrogen and oxygen atoms in total. The number of methoxy groups -OCH3 is 1. The van der Waals surface area contributed by atoms with E-state index in [1.165, 1.54) is 10.7 Å². The van der Waals surface area contributed by atoms with Crippen LogP contribution in [-0.2, 0) is 6.54 Å². The molecular formula is C11H11N3O3. The molecule has 0 radical (unpaired) electrons. The first-order chi connectivity index (χ1) is 8.19. The number of aromatic nitrogens is 2. The van der Waals surface area contributed by atoms with Crippen molar-refractivity contribution in [1.29, 1.82) is 0 Å². The molecule has 17 heavy (non-hydrogen) atoms. The van der Waals surface area contributed by atoms with E-state index in [2.05, 4.69) is 5.10 Å². The van der Waals surface area contributed by atoms with Gasteiger partial charge in [-0.05, 0) is 22.6 Å². The molecule has 0 unspecified atom stereocenters. The van der Waals surface area contributed by atoms with Crippen molar-refractivity contribution >= 4 is 5.82 Å². The molecule has 2 rings (SSSR count). The number of nitro groups is 1. The van der Waals surface area contributed by atoms with Gasteiger partial charge in [-0.3, -0.25) is 0 Å². The van der Waals surface area contributed by atoms with Crippen LogP contribution >= 0.6 is 0 Å². The fourth-order valence-corrected chi connectivity index (χ4v) is 1.45. The zero-order chi connectivity index (χ0) is 12.3. The lowest BCUT2D eigenvalue weighted by atomic mass is 10.2. The van der Waals surface area contributed by atoms with Crippen LogP contribution in [0, 0.1) is 10.1 Å². The molecule has 0 aliphatic rings. The van der Waals surface area contributed by atoms with Crippen LogP contribution in [0.5, 0.6) is 5.75 Å². The van der Waals surface area contributed by atoms with E-state index in [1.807, 2.05) is 24.3 Å². The van der Waals surface area contributed by atoms with Gasteiger partial charge in [0, 0.05) is 0 Å². The number of hydrogen-bond donors (Lipinski definition) is 0. The van der Waals surface area contributed by atoms with Crippen LogP contribution in [0.4, 0.5) is 5.82 Å². The Morgan fingerprint density at radius 3 is 2.59 bits per heavy atom. The summed E-state index contributed by atoms with van der Waals surface area (Å²) in [7, 11) is 1.60. The average Bonchev–Trinajstić information content (AvgIpc) is 2.79. The molecule has 0 amide bonds. The second kappa shape index (κ2) is 4.65. The molecule has 0 N–H and O–H groups in total. The third kappa shape index (κ3) is 2.60. The summed E-state index contributed by atoms with van der Waals surface area (Å²) < 4.78 is 6.57. The number of nitrogens with zero attached hydrogens (tertiary/aromatic N) is 3. The van der Waals surface area contributed by atoms with Crippen LogP contribution < -0.4 is 4.74 Å². The lowest BCUT2D eigenvalue weighted by Crippen LogP contribution is -2.01. The second-order valence-electron chi connectivity index (χ2n) is 3.48.